The second kappa shape index (κ2) is 11.7. The molecule has 0 saturated heterocycles. The monoisotopic (exact) mass is 547 g/mol. The number of nitrogens with one attached hydrogen (secondary N) is 1. The first-order valence-corrected chi connectivity index (χ1v) is 13.6. The third-order valence-electron chi connectivity index (χ3n) is 6.67. The molecule has 1 aliphatic heterocycles. The van der Waals surface area contributed by atoms with Crippen molar-refractivity contribution < 1.29 is 23.1 Å². The number of amides is 2. The maximum absolute atomic E-state index is 13.6. The van der Waals surface area contributed by atoms with Crippen LogP contribution in [-0.4, -0.2) is 28.2 Å². The van der Waals surface area contributed by atoms with Crippen molar-refractivity contribution in [2.75, 3.05) is 6.54 Å². The van der Waals surface area contributed by atoms with Crippen LogP contribution in [0.25, 0.3) is 0 Å². The van der Waals surface area contributed by atoms with Crippen LogP contribution in [0.4, 0.5) is 8.78 Å². The van der Waals surface area contributed by atoms with Gasteiger partial charge < -0.3 is 15.0 Å². The van der Waals surface area contributed by atoms with E-state index in [-0.39, 0.29) is 48.3 Å². The molecule has 0 bridgehead atoms. The Bertz CT molecular complexity index is 1470. The van der Waals surface area contributed by atoms with E-state index >= 15 is 0 Å². The molecule has 4 aromatic rings. The predicted octanol–water partition coefficient (Wildman–Crippen LogP) is 5.81. The summed E-state index contributed by atoms with van der Waals surface area (Å²) in [5.41, 5.74) is 3.98. The van der Waals surface area contributed by atoms with Crippen LogP contribution in [0.5, 0.6) is 5.75 Å². The van der Waals surface area contributed by atoms with E-state index in [1.165, 1.54) is 35.6 Å². The smallest absolute Gasteiger partial charge is 0.271 e. The van der Waals surface area contributed by atoms with Gasteiger partial charge in [-0.2, -0.15) is 0 Å². The van der Waals surface area contributed by atoms with Gasteiger partial charge in [-0.3, -0.25) is 9.59 Å². The molecule has 1 aliphatic rings. The van der Waals surface area contributed by atoms with Gasteiger partial charge in [0.05, 0.1) is 6.04 Å². The Hall–Kier alpha value is -4.11. The van der Waals surface area contributed by atoms with E-state index in [9.17, 15) is 18.4 Å². The Morgan fingerprint density at radius 1 is 1.05 bits per heavy atom. The first kappa shape index (κ1) is 26.5. The van der Waals surface area contributed by atoms with Gasteiger partial charge in [0.15, 0.2) is 0 Å². The zero-order chi connectivity index (χ0) is 27.4. The molecule has 0 saturated carbocycles. The van der Waals surface area contributed by atoms with Gasteiger partial charge in [0.1, 0.15) is 34.7 Å². The predicted molar refractivity (Wildman–Crippen MR) is 144 cm³/mol. The van der Waals surface area contributed by atoms with E-state index in [2.05, 4.69) is 10.3 Å². The average Bonchev–Trinajstić information content (AvgIpc) is 3.44. The molecule has 1 N–H and O–H groups in total. The number of nitrogens with zero attached hydrogens (tertiary/aromatic N) is 2. The van der Waals surface area contributed by atoms with Crippen molar-refractivity contribution in [3.63, 3.8) is 0 Å². The van der Waals surface area contributed by atoms with E-state index < -0.39 is 0 Å². The molecule has 39 heavy (non-hydrogen) atoms. The van der Waals surface area contributed by atoms with Crippen LogP contribution >= 0.6 is 11.3 Å². The Labute approximate surface area is 229 Å². The normalized spacial score (nSPS) is 14.5. The van der Waals surface area contributed by atoms with Crippen molar-refractivity contribution >= 4 is 23.2 Å². The third kappa shape index (κ3) is 6.15. The minimum atomic E-state index is -0.332. The SMILES string of the molecule is CCC(=O)N1CCc2ccc(OCc3nc(C(=O)NCc4ccc(F)cc4)cs3)cc2C1c1ccc(F)cc1. The average molecular weight is 548 g/mol. The zero-order valence-corrected chi connectivity index (χ0v) is 22.1. The maximum Gasteiger partial charge on any atom is 0.271 e. The van der Waals surface area contributed by atoms with Crippen molar-refractivity contribution in [3.8, 4) is 5.75 Å². The molecule has 0 spiro atoms. The Morgan fingerprint density at radius 2 is 1.77 bits per heavy atom. The largest absolute Gasteiger partial charge is 0.486 e. The molecule has 2 heterocycles. The quantitative estimate of drug-likeness (QED) is 0.302. The second-order valence-electron chi connectivity index (χ2n) is 9.23. The first-order valence-electron chi connectivity index (χ1n) is 12.7. The molecule has 0 radical (unpaired) electrons. The minimum absolute atomic E-state index is 0.0364. The summed E-state index contributed by atoms with van der Waals surface area (Å²) in [6.07, 6.45) is 1.11. The highest BCUT2D eigenvalue weighted by Crippen LogP contribution is 2.37. The lowest BCUT2D eigenvalue weighted by Crippen LogP contribution is -2.40. The molecule has 3 aromatic carbocycles. The summed E-state index contributed by atoms with van der Waals surface area (Å²) in [6.45, 7) is 2.87. The van der Waals surface area contributed by atoms with Gasteiger partial charge in [-0.05, 0) is 65.1 Å². The number of carbonyl (C=O) groups excluding carboxylic acids is 2. The second-order valence-corrected chi connectivity index (χ2v) is 10.2. The molecule has 0 aliphatic carbocycles. The minimum Gasteiger partial charge on any atom is -0.486 e. The summed E-state index contributed by atoms with van der Waals surface area (Å²) in [5, 5.41) is 5.09. The fourth-order valence-electron chi connectivity index (χ4n) is 4.66. The summed E-state index contributed by atoms with van der Waals surface area (Å²) in [5.74, 6) is -0.324. The molecule has 1 atom stereocenters. The summed E-state index contributed by atoms with van der Waals surface area (Å²) in [6, 6.07) is 17.7. The fourth-order valence-corrected chi connectivity index (χ4v) is 5.35. The number of rotatable bonds is 8. The van der Waals surface area contributed by atoms with Gasteiger partial charge in [-0.1, -0.05) is 37.3 Å². The van der Waals surface area contributed by atoms with Gasteiger partial charge >= 0.3 is 0 Å². The van der Waals surface area contributed by atoms with Crippen molar-refractivity contribution in [1.82, 2.24) is 15.2 Å². The van der Waals surface area contributed by atoms with Gasteiger partial charge in [-0.15, -0.1) is 11.3 Å². The zero-order valence-electron chi connectivity index (χ0n) is 21.3. The summed E-state index contributed by atoms with van der Waals surface area (Å²) >= 11 is 1.32. The fraction of sp³-hybridized carbons (Fsp3) is 0.233. The summed E-state index contributed by atoms with van der Waals surface area (Å²) in [4.78, 5) is 31.5. The van der Waals surface area contributed by atoms with Crippen LogP contribution in [0.1, 0.15) is 57.1 Å². The topological polar surface area (TPSA) is 71.5 Å². The van der Waals surface area contributed by atoms with E-state index in [1.807, 2.05) is 30.0 Å². The molecule has 9 heteroatoms. The number of aromatic nitrogens is 1. The summed E-state index contributed by atoms with van der Waals surface area (Å²) < 4.78 is 32.7. The van der Waals surface area contributed by atoms with Crippen molar-refractivity contribution in [2.45, 2.75) is 39.0 Å². The van der Waals surface area contributed by atoms with Crippen LogP contribution in [-0.2, 0) is 24.4 Å². The highest BCUT2D eigenvalue weighted by atomic mass is 32.1. The molecule has 0 fully saturated rings. The lowest BCUT2D eigenvalue weighted by molar-refractivity contribution is -0.132. The highest BCUT2D eigenvalue weighted by Gasteiger charge is 2.31. The van der Waals surface area contributed by atoms with E-state index in [1.54, 1.807) is 29.6 Å². The Morgan fingerprint density at radius 3 is 2.49 bits per heavy atom. The van der Waals surface area contributed by atoms with Gasteiger partial charge in [-0.25, -0.2) is 13.8 Å². The molecule has 1 aromatic heterocycles. The number of carbonyl (C=O) groups is 2. The van der Waals surface area contributed by atoms with Gasteiger partial charge in [0, 0.05) is 24.9 Å². The van der Waals surface area contributed by atoms with Crippen LogP contribution in [0.2, 0.25) is 0 Å². The van der Waals surface area contributed by atoms with E-state index in [4.69, 9.17) is 4.74 Å². The first-order chi connectivity index (χ1) is 18.9. The molecule has 1 unspecified atom stereocenters. The number of hydrogen-bond acceptors (Lipinski definition) is 5. The van der Waals surface area contributed by atoms with E-state index in [0.29, 0.717) is 23.7 Å². The maximum atomic E-state index is 13.6. The van der Waals surface area contributed by atoms with E-state index in [0.717, 1.165) is 28.7 Å². The summed E-state index contributed by atoms with van der Waals surface area (Å²) in [7, 11) is 0. The lowest BCUT2D eigenvalue weighted by atomic mass is 9.87. The van der Waals surface area contributed by atoms with Crippen LogP contribution < -0.4 is 10.1 Å². The molecule has 200 valence electrons. The number of ether oxygens (including phenoxy) is 1. The number of hydrogen-bond donors (Lipinski definition) is 1. The number of thiazole rings is 1. The van der Waals surface area contributed by atoms with Crippen molar-refractivity contribution in [2.24, 2.45) is 0 Å². The van der Waals surface area contributed by atoms with Crippen LogP contribution in [0.3, 0.4) is 0 Å². The van der Waals surface area contributed by atoms with Gasteiger partial charge in [0.2, 0.25) is 5.91 Å². The van der Waals surface area contributed by atoms with Crippen LogP contribution in [0.15, 0.2) is 72.1 Å². The molecule has 2 amide bonds. The van der Waals surface area contributed by atoms with Crippen LogP contribution in [0, 0.1) is 11.6 Å². The highest BCUT2D eigenvalue weighted by molar-refractivity contribution is 7.09. The standard InChI is InChI=1S/C30H27F2N3O3S/c1-2-28(36)35-14-13-20-7-12-24(15-25(20)29(35)21-5-10-23(32)11-6-21)38-17-27-34-26(18-39-27)30(37)33-16-19-3-8-22(31)9-4-19/h3-12,15,18,29H,2,13-14,16-17H2,1H3,(H,33,37). The van der Waals surface area contributed by atoms with Gasteiger partial charge in [0.25, 0.3) is 5.91 Å². The van der Waals surface area contributed by atoms with Crippen molar-refractivity contribution in [3.05, 3.63) is 117 Å². The number of benzene rings is 3. The molecule has 5 rings (SSSR count). The molecular formula is C30H27F2N3O3S. The Kier molecular flexibility index (Phi) is 7.97. The molecule has 6 nitrogen and oxygen atoms in total. The number of halogens is 2. The van der Waals surface area contributed by atoms with Crippen molar-refractivity contribution in [1.29, 1.82) is 0 Å². The molecular weight excluding hydrogens is 520 g/mol. The lowest BCUT2D eigenvalue weighted by Gasteiger charge is -2.38. The Balaban J connectivity index is 1.28. The third-order valence-corrected chi connectivity index (χ3v) is 7.49. The number of fused-ring (bicyclic) bond motifs is 1.